The minimum Gasteiger partial charge on any atom is -0.372 e. The molecule has 3 rings (SSSR count). The van der Waals surface area contributed by atoms with E-state index in [1.54, 1.807) is 4.90 Å². The van der Waals surface area contributed by atoms with Gasteiger partial charge in [0.25, 0.3) is 0 Å². The van der Waals surface area contributed by atoms with E-state index < -0.39 is 0 Å². The predicted octanol–water partition coefficient (Wildman–Crippen LogP) is 4.22. The molecule has 0 aromatic heterocycles. The zero-order valence-electron chi connectivity index (χ0n) is 17.6. The standard InChI is InChI=1S/C24H31N3O2/c1-18-11-13-26(14-12-18)23-9-7-22(8-10-23)25-24(29)17-27(20(3)28)16-21-6-4-5-19(2)15-21/h4-10,15,18H,11-14,16-17H2,1-3H3,(H,25,29). The van der Waals surface area contributed by atoms with Crippen molar-refractivity contribution in [1.29, 1.82) is 0 Å². The van der Waals surface area contributed by atoms with Gasteiger partial charge in [0, 0.05) is 37.9 Å². The molecule has 1 saturated heterocycles. The second-order valence-electron chi connectivity index (χ2n) is 8.13. The Morgan fingerprint density at radius 2 is 1.79 bits per heavy atom. The van der Waals surface area contributed by atoms with E-state index in [0.29, 0.717) is 6.54 Å². The van der Waals surface area contributed by atoms with E-state index in [9.17, 15) is 9.59 Å². The molecule has 0 radical (unpaired) electrons. The molecule has 1 aliphatic rings. The summed E-state index contributed by atoms with van der Waals surface area (Å²) in [4.78, 5) is 28.5. The molecule has 5 heteroatoms. The second kappa shape index (κ2) is 9.59. The number of nitrogens with one attached hydrogen (secondary N) is 1. The number of amides is 2. The molecule has 0 unspecified atom stereocenters. The molecule has 2 amide bonds. The second-order valence-corrected chi connectivity index (χ2v) is 8.13. The lowest BCUT2D eigenvalue weighted by molar-refractivity contribution is -0.133. The van der Waals surface area contributed by atoms with Crippen molar-refractivity contribution in [2.24, 2.45) is 5.92 Å². The molecule has 5 nitrogen and oxygen atoms in total. The van der Waals surface area contributed by atoms with Crippen molar-refractivity contribution in [2.75, 3.05) is 29.9 Å². The van der Waals surface area contributed by atoms with Crippen LogP contribution in [0.25, 0.3) is 0 Å². The molecule has 0 saturated carbocycles. The number of hydrogen-bond acceptors (Lipinski definition) is 3. The van der Waals surface area contributed by atoms with Crippen molar-refractivity contribution in [2.45, 2.75) is 40.2 Å². The van der Waals surface area contributed by atoms with Gasteiger partial charge in [0.1, 0.15) is 6.54 Å². The average Bonchev–Trinajstić information content (AvgIpc) is 2.69. The fourth-order valence-corrected chi connectivity index (χ4v) is 3.71. The summed E-state index contributed by atoms with van der Waals surface area (Å²) in [6.45, 7) is 8.45. The number of hydrogen-bond donors (Lipinski definition) is 1. The van der Waals surface area contributed by atoms with Crippen molar-refractivity contribution < 1.29 is 9.59 Å². The highest BCUT2D eigenvalue weighted by molar-refractivity contribution is 5.94. The Labute approximate surface area is 173 Å². The van der Waals surface area contributed by atoms with Crippen LogP contribution >= 0.6 is 0 Å². The maximum absolute atomic E-state index is 12.5. The van der Waals surface area contributed by atoms with Gasteiger partial charge < -0.3 is 15.1 Å². The van der Waals surface area contributed by atoms with Crippen LogP contribution in [0, 0.1) is 12.8 Å². The third-order valence-corrected chi connectivity index (χ3v) is 5.54. The molecular formula is C24H31N3O2. The highest BCUT2D eigenvalue weighted by Crippen LogP contribution is 2.24. The smallest absolute Gasteiger partial charge is 0.244 e. The molecule has 0 aliphatic carbocycles. The molecule has 1 N–H and O–H groups in total. The van der Waals surface area contributed by atoms with E-state index in [0.717, 1.165) is 35.8 Å². The summed E-state index contributed by atoms with van der Waals surface area (Å²) in [5, 5.41) is 2.91. The Kier molecular flexibility index (Phi) is 6.91. The summed E-state index contributed by atoms with van der Waals surface area (Å²) in [6.07, 6.45) is 2.45. The number of carbonyl (C=O) groups is 2. The van der Waals surface area contributed by atoms with Crippen LogP contribution in [0.1, 0.15) is 37.8 Å². The minimum absolute atomic E-state index is 0.0367. The van der Waals surface area contributed by atoms with Crippen LogP contribution < -0.4 is 10.2 Å². The lowest BCUT2D eigenvalue weighted by Gasteiger charge is -2.32. The van der Waals surface area contributed by atoms with Gasteiger partial charge in [0.05, 0.1) is 0 Å². The maximum Gasteiger partial charge on any atom is 0.244 e. The first-order chi connectivity index (χ1) is 13.9. The lowest BCUT2D eigenvalue weighted by Crippen LogP contribution is -2.36. The molecule has 2 aromatic carbocycles. The van der Waals surface area contributed by atoms with Crippen LogP contribution in [0.3, 0.4) is 0 Å². The van der Waals surface area contributed by atoms with Crippen LogP contribution in [0.5, 0.6) is 0 Å². The van der Waals surface area contributed by atoms with Gasteiger partial charge in [-0.2, -0.15) is 0 Å². The molecule has 1 heterocycles. The van der Waals surface area contributed by atoms with Crippen LogP contribution in [-0.4, -0.2) is 36.3 Å². The number of anilines is 2. The lowest BCUT2D eigenvalue weighted by atomic mass is 9.99. The van der Waals surface area contributed by atoms with Gasteiger partial charge in [-0.1, -0.05) is 36.8 Å². The van der Waals surface area contributed by atoms with Crippen LogP contribution in [0.15, 0.2) is 48.5 Å². The molecule has 0 spiro atoms. The highest BCUT2D eigenvalue weighted by atomic mass is 16.2. The fraction of sp³-hybridized carbons (Fsp3) is 0.417. The molecule has 1 aliphatic heterocycles. The van der Waals surface area contributed by atoms with Crippen molar-refractivity contribution in [3.8, 4) is 0 Å². The van der Waals surface area contributed by atoms with Gasteiger partial charge in [0.15, 0.2) is 0 Å². The maximum atomic E-state index is 12.5. The first-order valence-electron chi connectivity index (χ1n) is 10.4. The van der Waals surface area contributed by atoms with Gasteiger partial charge in [-0.25, -0.2) is 0 Å². The molecule has 0 bridgehead atoms. The Morgan fingerprint density at radius 3 is 2.41 bits per heavy atom. The highest BCUT2D eigenvalue weighted by Gasteiger charge is 2.17. The van der Waals surface area contributed by atoms with Gasteiger partial charge in [-0.3, -0.25) is 9.59 Å². The van der Waals surface area contributed by atoms with E-state index in [-0.39, 0.29) is 18.4 Å². The summed E-state index contributed by atoms with van der Waals surface area (Å²) in [6, 6.07) is 16.0. The number of nitrogens with zero attached hydrogens (tertiary/aromatic N) is 2. The summed E-state index contributed by atoms with van der Waals surface area (Å²) in [7, 11) is 0. The predicted molar refractivity (Wildman–Crippen MR) is 118 cm³/mol. The van der Waals surface area contributed by atoms with Crippen LogP contribution in [0.4, 0.5) is 11.4 Å². The Morgan fingerprint density at radius 1 is 1.10 bits per heavy atom. The molecule has 2 aromatic rings. The minimum atomic E-state index is -0.188. The van der Waals surface area contributed by atoms with Gasteiger partial charge >= 0.3 is 0 Å². The van der Waals surface area contributed by atoms with E-state index >= 15 is 0 Å². The zero-order chi connectivity index (χ0) is 20.8. The monoisotopic (exact) mass is 393 g/mol. The van der Waals surface area contributed by atoms with Crippen molar-refractivity contribution in [1.82, 2.24) is 4.90 Å². The molecular weight excluding hydrogens is 362 g/mol. The molecule has 1 fully saturated rings. The van der Waals surface area contributed by atoms with Crippen molar-refractivity contribution >= 4 is 23.2 Å². The Hall–Kier alpha value is -2.82. The Balaban J connectivity index is 1.56. The van der Waals surface area contributed by atoms with Gasteiger partial charge in [-0.05, 0) is 55.5 Å². The van der Waals surface area contributed by atoms with Crippen molar-refractivity contribution in [3.05, 3.63) is 59.7 Å². The first-order valence-corrected chi connectivity index (χ1v) is 10.4. The SMILES string of the molecule is CC(=O)N(CC(=O)Nc1ccc(N2CCC(C)CC2)cc1)Cc1cccc(C)c1. The molecule has 0 atom stereocenters. The Bertz CT molecular complexity index is 839. The topological polar surface area (TPSA) is 52.7 Å². The van der Waals surface area contributed by atoms with E-state index in [1.165, 1.54) is 25.5 Å². The largest absolute Gasteiger partial charge is 0.372 e. The van der Waals surface area contributed by atoms with Gasteiger partial charge in [0.2, 0.25) is 11.8 Å². The molecule has 154 valence electrons. The summed E-state index contributed by atoms with van der Waals surface area (Å²) >= 11 is 0. The van der Waals surface area contributed by atoms with Gasteiger partial charge in [-0.15, -0.1) is 0 Å². The zero-order valence-corrected chi connectivity index (χ0v) is 17.6. The van der Waals surface area contributed by atoms with Crippen molar-refractivity contribution in [3.63, 3.8) is 0 Å². The number of rotatable bonds is 6. The van der Waals surface area contributed by atoms with Crippen LogP contribution in [0.2, 0.25) is 0 Å². The quantitative estimate of drug-likeness (QED) is 0.799. The fourth-order valence-electron chi connectivity index (χ4n) is 3.71. The summed E-state index contributed by atoms with van der Waals surface area (Å²) < 4.78 is 0. The third kappa shape index (κ3) is 6.08. The molecule has 29 heavy (non-hydrogen) atoms. The first kappa shape index (κ1) is 20.9. The normalized spacial score (nSPS) is 14.5. The van der Waals surface area contributed by atoms with Crippen LogP contribution in [-0.2, 0) is 16.1 Å². The average molecular weight is 394 g/mol. The number of benzene rings is 2. The van der Waals surface area contributed by atoms with E-state index in [2.05, 4.69) is 29.3 Å². The van der Waals surface area contributed by atoms with E-state index in [4.69, 9.17) is 0 Å². The summed E-state index contributed by atoms with van der Waals surface area (Å²) in [5.41, 5.74) is 4.11. The third-order valence-electron chi connectivity index (χ3n) is 5.54. The number of carbonyl (C=O) groups excluding carboxylic acids is 2. The number of piperidine rings is 1. The summed E-state index contributed by atoms with van der Waals surface area (Å²) in [5.74, 6) is 0.498. The van der Waals surface area contributed by atoms with E-state index in [1.807, 2.05) is 43.3 Å². The number of aryl methyl sites for hydroxylation is 1.